The maximum atomic E-state index is 13.4. The number of carbonyl (C=O) groups excluding carboxylic acids is 4. The van der Waals surface area contributed by atoms with Crippen LogP contribution in [0.4, 0.5) is 5.69 Å². The molecule has 4 atom stereocenters. The zero-order valence-electron chi connectivity index (χ0n) is 16.0. The van der Waals surface area contributed by atoms with Crippen molar-refractivity contribution in [2.75, 3.05) is 18.6 Å². The van der Waals surface area contributed by atoms with Gasteiger partial charge in [-0.2, -0.15) is 0 Å². The normalized spacial score (nSPS) is 29.0. The van der Waals surface area contributed by atoms with Gasteiger partial charge in [-0.25, -0.2) is 0 Å². The molecule has 1 aromatic carbocycles. The summed E-state index contributed by atoms with van der Waals surface area (Å²) in [4.78, 5) is 50.9. The Kier molecular flexibility index (Phi) is 5.40. The molecule has 1 aromatic rings. The first-order chi connectivity index (χ1) is 13.3. The number of esters is 3. The molecule has 0 N–H and O–H groups in total. The highest BCUT2D eigenvalue weighted by molar-refractivity contribution is 6.01. The highest BCUT2D eigenvalue weighted by Gasteiger charge is 2.64. The van der Waals surface area contributed by atoms with Crippen LogP contribution in [0.5, 0.6) is 0 Å². The molecule has 150 valence electrons. The Morgan fingerprint density at radius 1 is 1.11 bits per heavy atom. The van der Waals surface area contributed by atoms with E-state index in [-0.39, 0.29) is 25.3 Å². The number of hydrogen-bond donors (Lipinski definition) is 0. The van der Waals surface area contributed by atoms with Gasteiger partial charge >= 0.3 is 17.9 Å². The quantitative estimate of drug-likeness (QED) is 0.568. The van der Waals surface area contributed by atoms with E-state index in [1.807, 2.05) is 6.07 Å². The average molecular weight is 389 g/mol. The van der Waals surface area contributed by atoms with Crippen molar-refractivity contribution in [3.05, 3.63) is 30.3 Å². The maximum absolute atomic E-state index is 13.4. The van der Waals surface area contributed by atoms with Gasteiger partial charge in [0.2, 0.25) is 5.91 Å². The van der Waals surface area contributed by atoms with Crippen LogP contribution >= 0.6 is 0 Å². The van der Waals surface area contributed by atoms with Gasteiger partial charge in [0.25, 0.3) is 0 Å². The molecule has 0 aromatic heterocycles. The number of nitrogens with zero attached hydrogens (tertiary/aromatic N) is 1. The molecule has 0 radical (unpaired) electrons. The van der Waals surface area contributed by atoms with E-state index >= 15 is 0 Å². The lowest BCUT2D eigenvalue weighted by atomic mass is 9.68. The molecule has 1 amide bonds. The van der Waals surface area contributed by atoms with Gasteiger partial charge in [0, 0.05) is 19.5 Å². The molecule has 2 fully saturated rings. The summed E-state index contributed by atoms with van der Waals surface area (Å²) in [5.41, 5.74) is -0.546. The number of fused-ring (bicyclic) bond motifs is 1. The van der Waals surface area contributed by atoms with Crippen molar-refractivity contribution in [1.29, 1.82) is 0 Å². The third kappa shape index (κ3) is 3.46. The molecule has 0 spiro atoms. The van der Waals surface area contributed by atoms with E-state index in [4.69, 9.17) is 14.2 Å². The highest BCUT2D eigenvalue weighted by atomic mass is 16.6. The minimum absolute atomic E-state index is 0.125. The van der Waals surface area contributed by atoms with Crippen LogP contribution in [0.2, 0.25) is 0 Å². The van der Waals surface area contributed by atoms with Gasteiger partial charge in [0.05, 0.1) is 19.6 Å². The second-order valence-electron chi connectivity index (χ2n) is 7.13. The molecule has 28 heavy (non-hydrogen) atoms. The number of rotatable bonds is 4. The number of methoxy groups -OCH3 is 1. The van der Waals surface area contributed by atoms with Crippen LogP contribution in [0.25, 0.3) is 0 Å². The van der Waals surface area contributed by atoms with Gasteiger partial charge in [0.1, 0.15) is 17.6 Å². The van der Waals surface area contributed by atoms with E-state index in [0.29, 0.717) is 5.69 Å². The second-order valence-corrected chi connectivity index (χ2v) is 7.13. The number of amides is 1. The fraction of sp³-hybridized carbons (Fsp3) is 0.500. The topological polar surface area (TPSA) is 99.2 Å². The fourth-order valence-corrected chi connectivity index (χ4v) is 4.36. The number of ether oxygens (including phenoxy) is 3. The Morgan fingerprint density at radius 3 is 2.36 bits per heavy atom. The molecule has 0 unspecified atom stereocenters. The molecule has 1 aliphatic heterocycles. The predicted molar refractivity (Wildman–Crippen MR) is 97.1 cm³/mol. The van der Waals surface area contributed by atoms with Gasteiger partial charge in [-0.15, -0.1) is 0 Å². The SMILES string of the molecule is COC(=O)[C@H]1[C@H]2C(=O)N(c3ccccc3)C[C@@]2(OC(C)=O)CC[C@H]1OC(C)=O. The summed E-state index contributed by atoms with van der Waals surface area (Å²) >= 11 is 0. The van der Waals surface area contributed by atoms with E-state index in [1.165, 1.54) is 25.9 Å². The Labute approximate surface area is 162 Å². The van der Waals surface area contributed by atoms with Crippen molar-refractivity contribution < 1.29 is 33.4 Å². The van der Waals surface area contributed by atoms with Gasteiger partial charge in [0.15, 0.2) is 0 Å². The van der Waals surface area contributed by atoms with Crippen molar-refractivity contribution in [2.45, 2.75) is 38.4 Å². The summed E-state index contributed by atoms with van der Waals surface area (Å²) in [7, 11) is 1.21. The summed E-state index contributed by atoms with van der Waals surface area (Å²) in [5.74, 6) is -4.17. The Morgan fingerprint density at radius 2 is 1.79 bits per heavy atom. The molecule has 3 rings (SSSR count). The summed E-state index contributed by atoms with van der Waals surface area (Å²) in [6, 6.07) is 8.96. The Balaban J connectivity index is 2.06. The van der Waals surface area contributed by atoms with Crippen LogP contribution in [-0.4, -0.2) is 49.2 Å². The van der Waals surface area contributed by atoms with E-state index in [9.17, 15) is 19.2 Å². The number of anilines is 1. The Hall–Kier alpha value is -2.90. The smallest absolute Gasteiger partial charge is 0.313 e. The minimum Gasteiger partial charge on any atom is -0.469 e. The predicted octanol–water partition coefficient (Wildman–Crippen LogP) is 1.47. The lowest BCUT2D eigenvalue weighted by molar-refractivity contribution is -0.190. The van der Waals surface area contributed by atoms with E-state index < -0.39 is 41.4 Å². The third-order valence-corrected chi connectivity index (χ3v) is 5.34. The number of benzene rings is 1. The van der Waals surface area contributed by atoms with Gasteiger partial charge in [-0.3, -0.25) is 19.2 Å². The van der Waals surface area contributed by atoms with Crippen molar-refractivity contribution in [2.24, 2.45) is 11.8 Å². The van der Waals surface area contributed by atoms with Gasteiger partial charge < -0.3 is 19.1 Å². The summed E-state index contributed by atoms with van der Waals surface area (Å²) in [6.07, 6.45) is -0.255. The first kappa shape index (κ1) is 19.9. The lowest BCUT2D eigenvalue weighted by Gasteiger charge is -2.42. The second kappa shape index (κ2) is 7.61. The van der Waals surface area contributed by atoms with Crippen molar-refractivity contribution >= 4 is 29.5 Å². The molecular formula is C20H23NO7. The summed E-state index contributed by atoms with van der Waals surface area (Å²) in [6.45, 7) is 2.64. The zero-order chi connectivity index (χ0) is 20.5. The van der Waals surface area contributed by atoms with Gasteiger partial charge in [-0.05, 0) is 25.0 Å². The maximum Gasteiger partial charge on any atom is 0.313 e. The number of hydrogen-bond acceptors (Lipinski definition) is 7. The molecular weight excluding hydrogens is 366 g/mol. The third-order valence-electron chi connectivity index (χ3n) is 5.34. The average Bonchev–Trinajstić information content (AvgIpc) is 2.94. The van der Waals surface area contributed by atoms with Crippen molar-refractivity contribution in [1.82, 2.24) is 0 Å². The van der Waals surface area contributed by atoms with E-state index in [0.717, 1.165) is 0 Å². The first-order valence-corrected chi connectivity index (χ1v) is 9.10. The minimum atomic E-state index is -1.19. The largest absolute Gasteiger partial charge is 0.469 e. The van der Waals surface area contributed by atoms with Crippen LogP contribution in [0, 0.1) is 11.8 Å². The lowest BCUT2D eigenvalue weighted by Crippen LogP contribution is -2.56. The number of para-hydroxylation sites is 1. The van der Waals surface area contributed by atoms with Crippen LogP contribution in [0.15, 0.2) is 30.3 Å². The van der Waals surface area contributed by atoms with Gasteiger partial charge in [-0.1, -0.05) is 18.2 Å². The molecule has 0 bridgehead atoms. The van der Waals surface area contributed by atoms with Crippen LogP contribution < -0.4 is 4.90 Å². The summed E-state index contributed by atoms with van der Waals surface area (Å²) < 4.78 is 15.9. The first-order valence-electron chi connectivity index (χ1n) is 9.10. The molecule has 1 saturated heterocycles. The molecule has 8 heteroatoms. The Bertz CT molecular complexity index is 793. The summed E-state index contributed by atoms with van der Waals surface area (Å²) in [5, 5.41) is 0. The van der Waals surface area contributed by atoms with Crippen LogP contribution in [0.3, 0.4) is 0 Å². The van der Waals surface area contributed by atoms with Crippen molar-refractivity contribution in [3.8, 4) is 0 Å². The molecule has 2 aliphatic rings. The fourth-order valence-electron chi connectivity index (χ4n) is 4.36. The van der Waals surface area contributed by atoms with Crippen LogP contribution in [0.1, 0.15) is 26.7 Å². The number of carbonyl (C=O) groups is 4. The standard InChI is InChI=1S/C20H23NO7/c1-12(22)27-15-9-10-20(28-13(2)23)11-21(14-7-5-4-6-8-14)18(24)17(20)16(15)19(25)26-3/h4-8,15-17H,9-11H2,1-3H3/t15-,16-,17+,20+/m1/s1. The zero-order valence-corrected chi connectivity index (χ0v) is 16.0. The van der Waals surface area contributed by atoms with Crippen molar-refractivity contribution in [3.63, 3.8) is 0 Å². The molecule has 1 heterocycles. The van der Waals surface area contributed by atoms with Crippen LogP contribution in [-0.2, 0) is 33.4 Å². The molecule has 1 aliphatic carbocycles. The highest BCUT2D eigenvalue weighted by Crippen LogP contribution is 2.49. The van der Waals surface area contributed by atoms with E-state index in [2.05, 4.69) is 0 Å². The van der Waals surface area contributed by atoms with E-state index in [1.54, 1.807) is 24.3 Å². The molecule has 1 saturated carbocycles. The monoisotopic (exact) mass is 389 g/mol. The molecule has 8 nitrogen and oxygen atoms in total.